The van der Waals surface area contributed by atoms with Gasteiger partial charge in [0.1, 0.15) is 30.3 Å². The first-order chi connectivity index (χ1) is 13.6. The number of ether oxygens (including phenoxy) is 5. The Hall–Kier alpha value is -2.70. The minimum absolute atomic E-state index is 0.206. The summed E-state index contributed by atoms with van der Waals surface area (Å²) in [7, 11) is 4.40. The maximum absolute atomic E-state index is 12.1. The van der Waals surface area contributed by atoms with Gasteiger partial charge in [-0.25, -0.2) is 4.79 Å². The number of carbonyl (C=O) groups is 1. The van der Waals surface area contributed by atoms with E-state index in [0.29, 0.717) is 29.5 Å². The average molecular weight is 407 g/mol. The van der Waals surface area contributed by atoms with Gasteiger partial charge in [0, 0.05) is 12.1 Å². The third kappa shape index (κ3) is 6.18. The number of hydrogen-bond acceptors (Lipinski definition) is 6. The molecule has 0 aliphatic heterocycles. The first kappa shape index (κ1) is 21.6. The van der Waals surface area contributed by atoms with Crippen molar-refractivity contribution in [3.8, 4) is 11.5 Å². The highest BCUT2D eigenvalue weighted by molar-refractivity contribution is 6.30. The third-order valence-electron chi connectivity index (χ3n) is 3.77. The van der Waals surface area contributed by atoms with Gasteiger partial charge in [-0.1, -0.05) is 17.7 Å². The molecule has 0 spiro atoms. The zero-order valence-electron chi connectivity index (χ0n) is 16.1. The van der Waals surface area contributed by atoms with Gasteiger partial charge in [0.2, 0.25) is 0 Å². The van der Waals surface area contributed by atoms with Crippen LogP contribution in [0.4, 0.5) is 0 Å². The Morgan fingerprint density at radius 3 is 2.25 bits per heavy atom. The van der Waals surface area contributed by atoms with Crippen LogP contribution in [0, 0.1) is 0 Å². The Bertz CT molecular complexity index is 801. The second kappa shape index (κ2) is 11.2. The Morgan fingerprint density at radius 2 is 1.64 bits per heavy atom. The molecule has 0 aromatic heterocycles. The molecule has 0 fully saturated rings. The van der Waals surface area contributed by atoms with Gasteiger partial charge in [0.25, 0.3) is 0 Å². The van der Waals surface area contributed by atoms with Crippen LogP contribution in [-0.4, -0.2) is 40.5 Å². The third-order valence-corrected chi connectivity index (χ3v) is 4.01. The quantitative estimate of drug-likeness (QED) is 0.256. The number of benzene rings is 2. The topological polar surface area (TPSA) is 63.2 Å². The molecule has 0 heterocycles. The molecule has 2 aromatic carbocycles. The van der Waals surface area contributed by atoms with Crippen molar-refractivity contribution in [1.29, 1.82) is 0 Å². The Balaban J connectivity index is 2.14. The van der Waals surface area contributed by atoms with Crippen molar-refractivity contribution in [2.45, 2.75) is 6.61 Å². The van der Waals surface area contributed by atoms with Crippen LogP contribution in [0.25, 0.3) is 5.57 Å². The summed E-state index contributed by atoms with van der Waals surface area (Å²) in [5.74, 6) is 0.868. The lowest BCUT2D eigenvalue weighted by atomic mass is 10.0. The van der Waals surface area contributed by atoms with Gasteiger partial charge in [-0.2, -0.15) is 0 Å². The van der Waals surface area contributed by atoms with E-state index in [0.717, 1.165) is 11.3 Å². The lowest BCUT2D eigenvalue weighted by Gasteiger charge is -2.14. The zero-order valence-corrected chi connectivity index (χ0v) is 16.8. The summed E-state index contributed by atoms with van der Waals surface area (Å²) < 4.78 is 26.2. The van der Waals surface area contributed by atoms with Crippen LogP contribution in [0.15, 0.2) is 48.7 Å². The number of methoxy groups -OCH3 is 3. The number of rotatable bonds is 10. The molecule has 0 N–H and O–H groups in total. The number of halogens is 1. The molecule has 0 saturated carbocycles. The molecule has 2 rings (SSSR count). The molecular formula is C21H23ClO6. The molecule has 6 nitrogen and oxygen atoms in total. The van der Waals surface area contributed by atoms with E-state index in [-0.39, 0.29) is 12.2 Å². The highest BCUT2D eigenvalue weighted by Crippen LogP contribution is 2.26. The van der Waals surface area contributed by atoms with Crippen molar-refractivity contribution in [2.75, 3.05) is 34.5 Å². The summed E-state index contributed by atoms with van der Waals surface area (Å²) in [4.78, 5) is 12.1. The molecule has 0 amide bonds. The van der Waals surface area contributed by atoms with E-state index in [1.165, 1.54) is 20.5 Å². The minimum Gasteiger partial charge on any atom is -0.503 e. The molecule has 28 heavy (non-hydrogen) atoms. The molecule has 2 aromatic rings. The second-order valence-electron chi connectivity index (χ2n) is 5.66. The van der Waals surface area contributed by atoms with E-state index >= 15 is 0 Å². The molecule has 0 saturated heterocycles. The summed E-state index contributed by atoms with van der Waals surface area (Å²) in [6.07, 6.45) is 1.34. The molecule has 0 atom stereocenters. The van der Waals surface area contributed by atoms with Crippen LogP contribution in [0.1, 0.15) is 11.1 Å². The molecule has 0 radical (unpaired) electrons. The van der Waals surface area contributed by atoms with Crippen molar-refractivity contribution in [3.63, 3.8) is 0 Å². The number of carbonyl (C=O) groups excluding carboxylic acids is 1. The van der Waals surface area contributed by atoms with E-state index in [4.69, 9.17) is 35.3 Å². The molecule has 0 aliphatic rings. The highest BCUT2D eigenvalue weighted by Gasteiger charge is 2.17. The summed E-state index contributed by atoms with van der Waals surface area (Å²) in [5.41, 5.74) is 1.63. The maximum atomic E-state index is 12.1. The van der Waals surface area contributed by atoms with Crippen LogP contribution >= 0.6 is 11.6 Å². The molecular weight excluding hydrogens is 384 g/mol. The van der Waals surface area contributed by atoms with Crippen LogP contribution in [0.2, 0.25) is 5.02 Å². The number of hydrogen-bond donors (Lipinski definition) is 0. The van der Waals surface area contributed by atoms with E-state index in [9.17, 15) is 4.79 Å². The second-order valence-corrected chi connectivity index (χ2v) is 6.10. The van der Waals surface area contributed by atoms with Gasteiger partial charge in [0.05, 0.1) is 27.1 Å². The van der Waals surface area contributed by atoms with Gasteiger partial charge < -0.3 is 23.7 Å². The maximum Gasteiger partial charge on any atom is 0.341 e. The van der Waals surface area contributed by atoms with Crippen molar-refractivity contribution >= 4 is 23.1 Å². The standard InChI is InChI=1S/C21H23ClO6/c1-24-10-11-27-17-5-7-18(8-6-17)28-13-15-12-16(22)4-9-19(15)20(14-25-2)21(23)26-3/h4-9,12,14H,10-11,13H2,1-3H3. The first-order valence-corrected chi connectivity index (χ1v) is 8.91. The van der Waals surface area contributed by atoms with E-state index < -0.39 is 5.97 Å². The monoisotopic (exact) mass is 406 g/mol. The molecule has 7 heteroatoms. The fraction of sp³-hybridized carbons (Fsp3) is 0.286. The lowest BCUT2D eigenvalue weighted by Crippen LogP contribution is -2.08. The van der Waals surface area contributed by atoms with Crippen LogP contribution in [0.5, 0.6) is 11.5 Å². The van der Waals surface area contributed by atoms with Gasteiger partial charge >= 0.3 is 5.97 Å². The lowest BCUT2D eigenvalue weighted by molar-refractivity contribution is -0.133. The Morgan fingerprint density at radius 1 is 0.964 bits per heavy atom. The molecule has 0 aliphatic carbocycles. The van der Waals surface area contributed by atoms with Crippen molar-refractivity contribution in [2.24, 2.45) is 0 Å². The van der Waals surface area contributed by atoms with Gasteiger partial charge in [-0.3, -0.25) is 0 Å². The van der Waals surface area contributed by atoms with Crippen molar-refractivity contribution < 1.29 is 28.5 Å². The normalized spacial score (nSPS) is 11.1. The van der Waals surface area contributed by atoms with E-state index in [2.05, 4.69) is 0 Å². The Kier molecular flexibility index (Phi) is 8.65. The summed E-state index contributed by atoms with van der Waals surface area (Å²) in [5, 5.41) is 0.533. The van der Waals surface area contributed by atoms with Gasteiger partial charge in [0.15, 0.2) is 0 Å². The average Bonchev–Trinajstić information content (AvgIpc) is 2.71. The highest BCUT2D eigenvalue weighted by atomic mass is 35.5. The smallest absolute Gasteiger partial charge is 0.341 e. The largest absolute Gasteiger partial charge is 0.503 e. The zero-order chi connectivity index (χ0) is 20.4. The minimum atomic E-state index is -0.511. The number of esters is 1. The summed E-state index contributed by atoms with van der Waals surface area (Å²) in [6.45, 7) is 1.20. The predicted molar refractivity (Wildman–Crippen MR) is 107 cm³/mol. The molecule has 0 unspecified atom stereocenters. The SMILES string of the molecule is COC=C(C(=O)OC)c1ccc(Cl)cc1COc1ccc(OCCOC)cc1. The van der Waals surface area contributed by atoms with Gasteiger partial charge in [-0.05, 0) is 47.5 Å². The Labute approximate surface area is 169 Å². The van der Waals surface area contributed by atoms with Crippen molar-refractivity contribution in [1.82, 2.24) is 0 Å². The summed E-state index contributed by atoms with van der Waals surface area (Å²) >= 11 is 6.13. The predicted octanol–water partition coefficient (Wildman–Crippen LogP) is 4.10. The van der Waals surface area contributed by atoms with Crippen LogP contribution < -0.4 is 9.47 Å². The van der Waals surface area contributed by atoms with Crippen LogP contribution in [-0.2, 0) is 25.6 Å². The fourth-order valence-electron chi connectivity index (χ4n) is 2.43. The van der Waals surface area contributed by atoms with Crippen LogP contribution in [0.3, 0.4) is 0 Å². The molecule has 0 bridgehead atoms. The van der Waals surface area contributed by atoms with E-state index in [1.54, 1.807) is 37.4 Å². The van der Waals surface area contributed by atoms with Gasteiger partial charge in [-0.15, -0.1) is 0 Å². The first-order valence-electron chi connectivity index (χ1n) is 8.53. The van der Waals surface area contributed by atoms with E-state index in [1.807, 2.05) is 12.1 Å². The summed E-state index contributed by atoms with van der Waals surface area (Å²) in [6, 6.07) is 12.4. The fourth-order valence-corrected chi connectivity index (χ4v) is 2.62. The molecule has 150 valence electrons. The van der Waals surface area contributed by atoms with Crippen molar-refractivity contribution in [3.05, 3.63) is 64.9 Å².